The Balaban J connectivity index is 1.88. The van der Waals surface area contributed by atoms with E-state index in [-0.39, 0.29) is 30.1 Å². The zero-order chi connectivity index (χ0) is 17.3. The van der Waals surface area contributed by atoms with Crippen LogP contribution < -0.4 is 44.0 Å². The number of anilines is 3. The van der Waals surface area contributed by atoms with Gasteiger partial charge >= 0.3 is 0 Å². The summed E-state index contributed by atoms with van der Waals surface area (Å²) < 4.78 is 0. The molecule has 0 saturated carbocycles. The predicted molar refractivity (Wildman–Crippen MR) is 93.2 cm³/mol. The summed E-state index contributed by atoms with van der Waals surface area (Å²) in [7, 11) is 0. The highest BCUT2D eigenvalue weighted by Gasteiger charge is 2.28. The fourth-order valence-corrected chi connectivity index (χ4v) is 3.39. The lowest BCUT2D eigenvalue weighted by Crippen LogP contribution is -2.54. The minimum absolute atomic E-state index is 0.0138. The van der Waals surface area contributed by atoms with Gasteiger partial charge < -0.3 is 32.7 Å². The first kappa shape index (κ1) is 17.0. The Hall–Kier alpha value is -1.79. The maximum atomic E-state index is 6.06. The van der Waals surface area contributed by atoms with E-state index in [0.29, 0.717) is 38.1 Å². The van der Waals surface area contributed by atoms with Crippen molar-refractivity contribution in [1.29, 1.82) is 0 Å². The number of piperidine rings is 2. The summed E-state index contributed by atoms with van der Waals surface area (Å²) in [6.07, 6.45) is 1.57. The molecule has 11 N–H and O–H groups in total. The number of nitrogens with two attached hydrogens (primary N) is 5. The molecular formula is C13H27N11. The average Bonchev–Trinajstić information content (AvgIpc) is 2.52. The molecule has 0 unspecified atom stereocenters. The molecule has 0 aromatic carbocycles. The molecule has 24 heavy (non-hydrogen) atoms. The lowest BCUT2D eigenvalue weighted by atomic mass is 10.0. The molecule has 2 saturated heterocycles. The molecule has 0 bridgehead atoms. The van der Waals surface area contributed by atoms with Crippen molar-refractivity contribution < 1.29 is 0 Å². The highest BCUT2D eigenvalue weighted by Crippen LogP contribution is 2.21. The van der Waals surface area contributed by atoms with Crippen LogP contribution in [-0.2, 0) is 0 Å². The Kier molecular flexibility index (Phi) is 4.96. The van der Waals surface area contributed by atoms with Gasteiger partial charge in [0.2, 0.25) is 17.8 Å². The van der Waals surface area contributed by atoms with Crippen molar-refractivity contribution in [3.05, 3.63) is 0 Å². The summed E-state index contributed by atoms with van der Waals surface area (Å²) in [5.74, 6) is 6.82. The molecule has 0 amide bonds. The molecule has 3 heterocycles. The van der Waals surface area contributed by atoms with Crippen molar-refractivity contribution in [1.82, 2.24) is 15.0 Å². The standard InChI is InChI=1S/C13H27N11/c14-7-1-8(15)4-23(3-7)12-19-11(22-18)20-13(21-12)24-5-9(16)2-10(17)6-24/h7-10H,1-6,14-18H2,(H,19,20,21,22)/t7-,8-,9-,10-/m1/s1. The van der Waals surface area contributed by atoms with Gasteiger partial charge in [0.15, 0.2) is 0 Å². The molecular weight excluding hydrogens is 310 g/mol. The van der Waals surface area contributed by atoms with E-state index in [9.17, 15) is 0 Å². The molecule has 0 spiro atoms. The van der Waals surface area contributed by atoms with Crippen LogP contribution in [0.2, 0.25) is 0 Å². The quantitative estimate of drug-likeness (QED) is 0.242. The number of nitrogens with zero attached hydrogens (tertiary/aromatic N) is 5. The van der Waals surface area contributed by atoms with Gasteiger partial charge in [-0.2, -0.15) is 15.0 Å². The van der Waals surface area contributed by atoms with Gasteiger partial charge in [0.1, 0.15) is 0 Å². The molecule has 0 aliphatic carbocycles. The molecule has 11 heteroatoms. The van der Waals surface area contributed by atoms with E-state index in [1.165, 1.54) is 0 Å². The van der Waals surface area contributed by atoms with Gasteiger partial charge in [-0.15, -0.1) is 0 Å². The summed E-state index contributed by atoms with van der Waals surface area (Å²) in [5.41, 5.74) is 26.7. The molecule has 11 nitrogen and oxygen atoms in total. The van der Waals surface area contributed by atoms with E-state index < -0.39 is 0 Å². The molecule has 1 aromatic heterocycles. The molecule has 4 atom stereocenters. The van der Waals surface area contributed by atoms with E-state index in [0.717, 1.165) is 12.8 Å². The minimum Gasteiger partial charge on any atom is -0.338 e. The number of aromatic nitrogens is 3. The first-order valence-electron chi connectivity index (χ1n) is 8.19. The third-order valence-corrected chi connectivity index (χ3v) is 4.34. The minimum atomic E-state index is -0.0138. The van der Waals surface area contributed by atoms with Crippen molar-refractivity contribution in [2.75, 3.05) is 41.4 Å². The van der Waals surface area contributed by atoms with Crippen molar-refractivity contribution in [2.45, 2.75) is 37.0 Å². The fraction of sp³-hybridized carbons (Fsp3) is 0.769. The summed E-state index contributed by atoms with van der Waals surface area (Å²) in [6.45, 7) is 2.56. The molecule has 0 radical (unpaired) electrons. The van der Waals surface area contributed by atoms with E-state index in [1.54, 1.807) is 0 Å². The van der Waals surface area contributed by atoms with Crippen LogP contribution in [0.4, 0.5) is 17.8 Å². The van der Waals surface area contributed by atoms with Gasteiger partial charge in [-0.1, -0.05) is 0 Å². The largest absolute Gasteiger partial charge is 0.338 e. The number of nitrogens with one attached hydrogen (secondary N) is 1. The van der Waals surface area contributed by atoms with Gasteiger partial charge in [-0.3, -0.25) is 5.43 Å². The van der Waals surface area contributed by atoms with E-state index in [2.05, 4.69) is 20.4 Å². The molecule has 2 aliphatic rings. The first-order chi connectivity index (χ1) is 11.4. The van der Waals surface area contributed by atoms with Crippen molar-refractivity contribution in [3.63, 3.8) is 0 Å². The van der Waals surface area contributed by atoms with Crippen LogP contribution in [0.1, 0.15) is 12.8 Å². The van der Waals surface area contributed by atoms with Gasteiger partial charge in [-0.05, 0) is 12.8 Å². The maximum absolute atomic E-state index is 6.06. The van der Waals surface area contributed by atoms with Crippen LogP contribution in [0.3, 0.4) is 0 Å². The smallest absolute Gasteiger partial charge is 0.243 e. The summed E-state index contributed by atoms with van der Waals surface area (Å²) >= 11 is 0. The normalized spacial score (nSPS) is 31.2. The van der Waals surface area contributed by atoms with Gasteiger partial charge in [0, 0.05) is 50.3 Å². The van der Waals surface area contributed by atoms with Crippen LogP contribution in [0.5, 0.6) is 0 Å². The number of hydrogen-bond donors (Lipinski definition) is 6. The Morgan fingerprint density at radius 1 is 0.708 bits per heavy atom. The molecule has 3 rings (SSSR count). The number of hydrazine groups is 1. The zero-order valence-electron chi connectivity index (χ0n) is 13.7. The summed E-state index contributed by atoms with van der Waals surface area (Å²) in [6, 6.07) is -0.0553. The highest BCUT2D eigenvalue weighted by molar-refractivity contribution is 5.46. The lowest BCUT2D eigenvalue weighted by molar-refractivity contribution is 0.441. The maximum Gasteiger partial charge on any atom is 0.243 e. The second kappa shape index (κ2) is 6.99. The highest BCUT2D eigenvalue weighted by atomic mass is 15.4. The third kappa shape index (κ3) is 3.82. The SMILES string of the molecule is NNc1nc(N2C[C@H](N)C[C@@H](N)C2)nc(N2C[C@H](N)C[C@@H](N)C2)n1. The third-order valence-electron chi connectivity index (χ3n) is 4.34. The van der Waals surface area contributed by atoms with Gasteiger partial charge in [0.05, 0.1) is 0 Å². The van der Waals surface area contributed by atoms with Crippen LogP contribution in [0.25, 0.3) is 0 Å². The van der Waals surface area contributed by atoms with Gasteiger partial charge in [0.25, 0.3) is 0 Å². The Labute approximate surface area is 140 Å². The topological polar surface area (TPSA) is 187 Å². The van der Waals surface area contributed by atoms with Crippen LogP contribution in [0, 0.1) is 0 Å². The van der Waals surface area contributed by atoms with Crippen LogP contribution in [-0.4, -0.2) is 65.3 Å². The average molecular weight is 337 g/mol. The lowest BCUT2D eigenvalue weighted by Gasteiger charge is -2.36. The monoisotopic (exact) mass is 337 g/mol. The number of rotatable bonds is 3. The van der Waals surface area contributed by atoms with E-state index in [4.69, 9.17) is 28.8 Å². The fourth-order valence-electron chi connectivity index (χ4n) is 3.39. The van der Waals surface area contributed by atoms with E-state index in [1.807, 2.05) is 9.80 Å². The van der Waals surface area contributed by atoms with Crippen molar-refractivity contribution in [2.24, 2.45) is 28.8 Å². The number of hydrogen-bond acceptors (Lipinski definition) is 11. The molecule has 134 valence electrons. The molecule has 2 fully saturated rings. The Morgan fingerprint density at radius 2 is 1.08 bits per heavy atom. The summed E-state index contributed by atoms with van der Waals surface area (Å²) in [4.78, 5) is 17.2. The zero-order valence-corrected chi connectivity index (χ0v) is 13.7. The molecule has 2 aliphatic heterocycles. The van der Waals surface area contributed by atoms with Gasteiger partial charge in [-0.25, -0.2) is 5.84 Å². The predicted octanol–water partition coefficient (Wildman–Crippen LogP) is -3.11. The van der Waals surface area contributed by atoms with Crippen molar-refractivity contribution in [3.8, 4) is 0 Å². The summed E-state index contributed by atoms with van der Waals surface area (Å²) in [5, 5.41) is 0. The van der Waals surface area contributed by atoms with Crippen LogP contribution in [0.15, 0.2) is 0 Å². The Morgan fingerprint density at radius 3 is 1.42 bits per heavy atom. The first-order valence-corrected chi connectivity index (χ1v) is 8.19. The second-order valence-electron chi connectivity index (χ2n) is 6.73. The van der Waals surface area contributed by atoms with E-state index >= 15 is 0 Å². The second-order valence-corrected chi connectivity index (χ2v) is 6.73. The van der Waals surface area contributed by atoms with Crippen molar-refractivity contribution >= 4 is 17.8 Å². The van der Waals surface area contributed by atoms with Crippen LogP contribution >= 0.6 is 0 Å². The number of nitrogen functional groups attached to an aromatic ring is 1. The molecule has 1 aromatic rings. The Bertz CT molecular complexity index is 503.